The number of nitrogens with zero attached hydrogens (tertiary/aromatic N) is 1. The Bertz CT molecular complexity index is 356. The van der Waals surface area contributed by atoms with E-state index in [1.807, 2.05) is 11.8 Å². The smallest absolute Gasteiger partial charge is 0.309 e. The van der Waals surface area contributed by atoms with Gasteiger partial charge in [-0.3, -0.25) is 9.59 Å². The minimum absolute atomic E-state index is 0.0488. The second-order valence-corrected chi connectivity index (χ2v) is 6.16. The molecule has 20 heavy (non-hydrogen) atoms. The minimum atomic E-state index is -0.692. The quantitative estimate of drug-likeness (QED) is 0.822. The number of aliphatic carboxylic acids is 1. The first-order chi connectivity index (χ1) is 9.59. The van der Waals surface area contributed by atoms with Crippen molar-refractivity contribution in [1.29, 1.82) is 0 Å². The molecule has 2 N–H and O–H groups in total. The van der Waals surface area contributed by atoms with Crippen LogP contribution >= 0.6 is 0 Å². The summed E-state index contributed by atoms with van der Waals surface area (Å²) in [6, 6.07) is -0.0488. The van der Waals surface area contributed by atoms with Crippen LogP contribution in [0.5, 0.6) is 0 Å². The number of hydrogen-bond donors (Lipinski definition) is 2. The summed E-state index contributed by atoms with van der Waals surface area (Å²) in [4.78, 5) is 25.8. The van der Waals surface area contributed by atoms with Gasteiger partial charge in [-0.15, -0.1) is 0 Å². The molecule has 2 aliphatic rings. The molecule has 0 unspecified atom stereocenters. The van der Waals surface area contributed by atoms with Crippen molar-refractivity contribution in [3.63, 3.8) is 0 Å². The summed E-state index contributed by atoms with van der Waals surface area (Å²) in [6.07, 6.45) is 5.93. The van der Waals surface area contributed by atoms with E-state index in [2.05, 4.69) is 5.32 Å². The van der Waals surface area contributed by atoms with E-state index >= 15 is 0 Å². The average molecular weight is 282 g/mol. The van der Waals surface area contributed by atoms with E-state index in [-0.39, 0.29) is 11.9 Å². The maximum absolute atomic E-state index is 12.4. The summed E-state index contributed by atoms with van der Waals surface area (Å²) in [5, 5.41) is 12.8. The molecule has 0 bridgehead atoms. The number of amides is 1. The van der Waals surface area contributed by atoms with Gasteiger partial charge in [0, 0.05) is 13.1 Å². The third kappa shape index (κ3) is 3.14. The molecule has 5 heteroatoms. The molecule has 2 saturated heterocycles. The van der Waals surface area contributed by atoms with Crippen molar-refractivity contribution in [2.24, 2.45) is 5.41 Å². The molecule has 1 amide bonds. The molecule has 0 aromatic heterocycles. The van der Waals surface area contributed by atoms with E-state index in [4.69, 9.17) is 0 Å². The number of rotatable bonds is 4. The molecule has 2 heterocycles. The van der Waals surface area contributed by atoms with Crippen LogP contribution < -0.4 is 5.32 Å². The number of nitrogens with one attached hydrogen (secondary N) is 1. The van der Waals surface area contributed by atoms with Crippen molar-refractivity contribution < 1.29 is 14.7 Å². The van der Waals surface area contributed by atoms with Crippen LogP contribution in [-0.4, -0.2) is 47.6 Å². The summed E-state index contributed by atoms with van der Waals surface area (Å²) >= 11 is 0. The Labute approximate surface area is 120 Å². The summed E-state index contributed by atoms with van der Waals surface area (Å²) in [6.45, 7) is 4.11. The van der Waals surface area contributed by atoms with Crippen molar-refractivity contribution in [1.82, 2.24) is 10.2 Å². The van der Waals surface area contributed by atoms with E-state index in [9.17, 15) is 14.7 Å². The highest BCUT2D eigenvalue weighted by Gasteiger charge is 2.42. The molecule has 0 aliphatic carbocycles. The van der Waals surface area contributed by atoms with Crippen LogP contribution in [0.1, 0.15) is 51.9 Å². The zero-order valence-electron chi connectivity index (χ0n) is 12.4. The van der Waals surface area contributed by atoms with Gasteiger partial charge in [-0.1, -0.05) is 19.8 Å². The standard InChI is InChI=1S/C15H26N2O3/c1-2-6-15(14(19)20)7-10-17(11-8-15)13(18)12-5-3-4-9-16-12/h12,16H,2-11H2,1H3,(H,19,20)/t12-/m0/s1. The number of carbonyl (C=O) groups is 2. The summed E-state index contributed by atoms with van der Waals surface area (Å²) in [7, 11) is 0. The molecule has 1 atom stereocenters. The van der Waals surface area contributed by atoms with Crippen molar-refractivity contribution >= 4 is 11.9 Å². The first-order valence-corrected chi connectivity index (χ1v) is 7.84. The van der Waals surface area contributed by atoms with E-state index in [0.29, 0.717) is 32.4 Å². The molecular weight excluding hydrogens is 256 g/mol. The first-order valence-electron chi connectivity index (χ1n) is 7.84. The fourth-order valence-electron chi connectivity index (χ4n) is 3.49. The van der Waals surface area contributed by atoms with Gasteiger partial charge in [0.1, 0.15) is 0 Å². The summed E-state index contributed by atoms with van der Waals surface area (Å²) in [5.74, 6) is -0.526. The van der Waals surface area contributed by atoms with Gasteiger partial charge in [0.05, 0.1) is 11.5 Å². The maximum atomic E-state index is 12.4. The molecule has 0 radical (unpaired) electrons. The number of likely N-dealkylation sites (tertiary alicyclic amines) is 1. The Balaban J connectivity index is 1.92. The van der Waals surface area contributed by atoms with Gasteiger partial charge < -0.3 is 15.3 Å². The summed E-state index contributed by atoms with van der Waals surface area (Å²) < 4.78 is 0. The molecule has 2 rings (SSSR count). The van der Waals surface area contributed by atoms with Gasteiger partial charge in [0.2, 0.25) is 5.91 Å². The van der Waals surface area contributed by atoms with Gasteiger partial charge >= 0.3 is 5.97 Å². The Morgan fingerprint density at radius 1 is 1.30 bits per heavy atom. The van der Waals surface area contributed by atoms with Crippen LogP contribution in [0.25, 0.3) is 0 Å². The number of hydrogen-bond acceptors (Lipinski definition) is 3. The summed E-state index contributed by atoms with van der Waals surface area (Å²) in [5.41, 5.74) is -0.606. The van der Waals surface area contributed by atoms with Crippen LogP contribution in [0.2, 0.25) is 0 Å². The predicted octanol–water partition coefficient (Wildman–Crippen LogP) is 1.62. The lowest BCUT2D eigenvalue weighted by atomic mass is 9.75. The molecule has 5 nitrogen and oxygen atoms in total. The second kappa shape index (κ2) is 6.57. The van der Waals surface area contributed by atoms with Crippen molar-refractivity contribution in [3.8, 4) is 0 Å². The maximum Gasteiger partial charge on any atom is 0.309 e. The Morgan fingerprint density at radius 2 is 2.00 bits per heavy atom. The predicted molar refractivity (Wildman–Crippen MR) is 76.4 cm³/mol. The number of carbonyl (C=O) groups excluding carboxylic acids is 1. The van der Waals surface area contributed by atoms with Gasteiger partial charge in [-0.25, -0.2) is 0 Å². The minimum Gasteiger partial charge on any atom is -0.481 e. The zero-order valence-corrected chi connectivity index (χ0v) is 12.4. The first kappa shape index (κ1) is 15.3. The SMILES string of the molecule is CCCC1(C(=O)O)CCN(C(=O)[C@@H]2CCCCN2)CC1. The van der Waals surface area contributed by atoms with Crippen LogP contribution in [0.15, 0.2) is 0 Å². The van der Waals surface area contributed by atoms with E-state index in [1.165, 1.54) is 0 Å². The Kier molecular flexibility index (Phi) is 5.02. The van der Waals surface area contributed by atoms with Gasteiger partial charge in [-0.2, -0.15) is 0 Å². The fourth-order valence-corrected chi connectivity index (χ4v) is 3.49. The van der Waals surface area contributed by atoms with E-state index < -0.39 is 11.4 Å². The zero-order chi connectivity index (χ0) is 14.6. The highest BCUT2D eigenvalue weighted by atomic mass is 16.4. The number of piperidine rings is 2. The fraction of sp³-hybridized carbons (Fsp3) is 0.867. The van der Waals surface area contributed by atoms with Crippen molar-refractivity contribution in [2.45, 2.75) is 57.9 Å². The highest BCUT2D eigenvalue weighted by Crippen LogP contribution is 2.36. The second-order valence-electron chi connectivity index (χ2n) is 6.16. The van der Waals surface area contributed by atoms with Crippen LogP contribution in [0, 0.1) is 5.41 Å². The van der Waals surface area contributed by atoms with E-state index in [0.717, 1.165) is 32.2 Å². The molecule has 0 aromatic carbocycles. The molecule has 0 aromatic rings. The monoisotopic (exact) mass is 282 g/mol. The Hall–Kier alpha value is -1.10. The van der Waals surface area contributed by atoms with Gasteiger partial charge in [0.25, 0.3) is 0 Å². The number of carboxylic acid groups (broad SMARTS) is 1. The average Bonchev–Trinajstić information content (AvgIpc) is 2.48. The van der Waals surface area contributed by atoms with Crippen LogP contribution in [0.3, 0.4) is 0 Å². The third-order valence-electron chi connectivity index (χ3n) is 4.82. The van der Waals surface area contributed by atoms with Crippen molar-refractivity contribution in [2.75, 3.05) is 19.6 Å². The normalized spacial score (nSPS) is 26.2. The molecule has 2 aliphatic heterocycles. The lowest BCUT2D eigenvalue weighted by Crippen LogP contribution is -2.53. The molecule has 0 spiro atoms. The third-order valence-corrected chi connectivity index (χ3v) is 4.82. The number of carboxylic acids is 1. The lowest BCUT2D eigenvalue weighted by Gasteiger charge is -2.40. The topological polar surface area (TPSA) is 69.6 Å². The Morgan fingerprint density at radius 3 is 2.50 bits per heavy atom. The largest absolute Gasteiger partial charge is 0.481 e. The molecule has 114 valence electrons. The van der Waals surface area contributed by atoms with Crippen molar-refractivity contribution in [3.05, 3.63) is 0 Å². The van der Waals surface area contributed by atoms with Crippen LogP contribution in [-0.2, 0) is 9.59 Å². The molecule has 2 fully saturated rings. The van der Waals surface area contributed by atoms with Crippen LogP contribution in [0.4, 0.5) is 0 Å². The molecular formula is C15H26N2O3. The van der Waals surface area contributed by atoms with Gasteiger partial charge in [-0.05, 0) is 38.6 Å². The highest BCUT2D eigenvalue weighted by molar-refractivity contribution is 5.82. The van der Waals surface area contributed by atoms with E-state index in [1.54, 1.807) is 0 Å². The lowest BCUT2D eigenvalue weighted by molar-refractivity contribution is -0.155. The molecule has 0 saturated carbocycles. The van der Waals surface area contributed by atoms with Gasteiger partial charge in [0.15, 0.2) is 0 Å².